The van der Waals surface area contributed by atoms with Crippen molar-refractivity contribution in [2.24, 2.45) is 17.2 Å². The van der Waals surface area contributed by atoms with E-state index in [-0.39, 0.29) is 25.3 Å². The van der Waals surface area contributed by atoms with Gasteiger partial charge in [0.05, 0.1) is 6.10 Å². The van der Waals surface area contributed by atoms with Gasteiger partial charge in [0.1, 0.15) is 18.1 Å². The highest BCUT2D eigenvalue weighted by Crippen LogP contribution is 2.14. The van der Waals surface area contributed by atoms with Gasteiger partial charge in [-0.3, -0.25) is 15.0 Å². The van der Waals surface area contributed by atoms with Crippen LogP contribution in [0.5, 0.6) is 0 Å². The third-order valence-corrected chi connectivity index (χ3v) is 4.76. The number of rotatable bonds is 16. The van der Waals surface area contributed by atoms with E-state index < -0.39 is 42.0 Å². The van der Waals surface area contributed by atoms with Gasteiger partial charge in [-0.1, -0.05) is 6.92 Å². The molecule has 31 heavy (non-hydrogen) atoms. The molecule has 0 rings (SSSR count). The lowest BCUT2D eigenvalue weighted by molar-refractivity contribution is -0.152. The largest absolute Gasteiger partial charge is 0.480 e. The molecule has 0 fully saturated rings. The van der Waals surface area contributed by atoms with Crippen molar-refractivity contribution in [3.05, 3.63) is 0 Å². The maximum Gasteiger partial charge on any atom is 0.326 e. The second-order valence-corrected chi connectivity index (χ2v) is 7.48. The Hall–Kier alpha value is -2.44. The van der Waals surface area contributed by atoms with E-state index in [1.54, 1.807) is 0 Å². The second-order valence-electron chi connectivity index (χ2n) is 7.48. The number of guanidine groups is 1. The summed E-state index contributed by atoms with van der Waals surface area (Å²) in [5.41, 5.74) is 16.4. The number of carboxylic acid groups (broad SMARTS) is 1. The van der Waals surface area contributed by atoms with Crippen molar-refractivity contribution in [2.45, 2.75) is 76.6 Å². The fraction of sp³-hybridized carbons (Fsp3) is 0.789. The lowest BCUT2D eigenvalue weighted by Gasteiger charge is -2.33. The standard InChI is InChI=1S/C19H39N7O5/c1-3-11-26(14(18(30)31)8-6-10-24-19(22)23)17(29)13(7-4-5-9-20)25-16(28)15(21)12(2)27/h12-15,27H,3-11,20-21H2,1-2H3,(H,25,28)(H,30,31)(H4,22,23,24)/t12-,13+,14+,15+/m1/s1. The van der Waals surface area contributed by atoms with Gasteiger partial charge in [0.2, 0.25) is 11.8 Å². The van der Waals surface area contributed by atoms with Gasteiger partial charge in [-0.05, 0) is 52.0 Å². The van der Waals surface area contributed by atoms with E-state index >= 15 is 0 Å². The molecule has 0 aliphatic heterocycles. The number of amides is 2. The molecule has 0 aromatic heterocycles. The van der Waals surface area contributed by atoms with E-state index in [0.29, 0.717) is 38.8 Å². The molecule has 2 amide bonds. The van der Waals surface area contributed by atoms with E-state index in [9.17, 15) is 24.6 Å². The van der Waals surface area contributed by atoms with Crippen LogP contribution in [-0.4, -0.2) is 82.7 Å². The molecule has 0 radical (unpaired) electrons. The average Bonchev–Trinajstić information content (AvgIpc) is 2.70. The maximum absolute atomic E-state index is 13.3. The number of carbonyl (C=O) groups excluding carboxylic acids is 2. The first-order valence-corrected chi connectivity index (χ1v) is 10.6. The van der Waals surface area contributed by atoms with Crippen LogP contribution in [0.1, 0.15) is 52.4 Å². The van der Waals surface area contributed by atoms with E-state index in [1.165, 1.54) is 11.8 Å². The summed E-state index contributed by atoms with van der Waals surface area (Å²) in [5, 5.41) is 31.6. The summed E-state index contributed by atoms with van der Waals surface area (Å²) in [4.78, 5) is 38.8. The Labute approximate surface area is 183 Å². The van der Waals surface area contributed by atoms with E-state index in [1.807, 2.05) is 6.92 Å². The molecule has 4 atom stereocenters. The minimum absolute atomic E-state index is 0.151. The molecule has 0 aliphatic rings. The summed E-state index contributed by atoms with van der Waals surface area (Å²) < 4.78 is 0. The Morgan fingerprint density at radius 1 is 1.16 bits per heavy atom. The molecule has 12 nitrogen and oxygen atoms in total. The normalized spacial score (nSPS) is 14.7. The first-order chi connectivity index (χ1) is 14.6. The van der Waals surface area contributed by atoms with Gasteiger partial charge >= 0.3 is 5.97 Å². The Bertz CT molecular complexity index is 588. The molecular weight excluding hydrogens is 406 g/mol. The van der Waals surface area contributed by atoms with E-state index in [0.717, 1.165) is 0 Å². The molecule has 0 unspecified atom stereocenters. The van der Waals surface area contributed by atoms with Gasteiger partial charge in [-0.25, -0.2) is 4.79 Å². The third kappa shape index (κ3) is 10.9. The first kappa shape index (κ1) is 28.6. The summed E-state index contributed by atoms with van der Waals surface area (Å²) in [6.45, 7) is 4.10. The van der Waals surface area contributed by atoms with Crippen molar-refractivity contribution < 1.29 is 24.6 Å². The van der Waals surface area contributed by atoms with Gasteiger partial charge in [0.25, 0.3) is 0 Å². The van der Waals surface area contributed by atoms with Crippen LogP contribution in [0.3, 0.4) is 0 Å². The van der Waals surface area contributed by atoms with Crippen LogP contribution in [0.2, 0.25) is 0 Å². The highest BCUT2D eigenvalue weighted by atomic mass is 16.4. The molecular formula is C19H39N7O5. The van der Waals surface area contributed by atoms with Gasteiger partial charge in [-0.2, -0.15) is 0 Å². The van der Waals surface area contributed by atoms with Crippen molar-refractivity contribution in [1.29, 1.82) is 5.41 Å². The minimum atomic E-state index is -1.21. The highest BCUT2D eigenvalue weighted by Gasteiger charge is 2.34. The van der Waals surface area contributed by atoms with Gasteiger partial charge < -0.3 is 42.9 Å². The Morgan fingerprint density at radius 2 is 1.81 bits per heavy atom. The van der Waals surface area contributed by atoms with E-state index in [2.05, 4.69) is 10.6 Å². The van der Waals surface area contributed by atoms with E-state index in [4.69, 9.17) is 22.6 Å². The Balaban J connectivity index is 5.53. The van der Waals surface area contributed by atoms with Crippen LogP contribution in [-0.2, 0) is 14.4 Å². The number of aliphatic hydroxyl groups is 1. The van der Waals surface area contributed by atoms with Crippen LogP contribution in [0, 0.1) is 5.41 Å². The third-order valence-electron chi connectivity index (χ3n) is 4.76. The minimum Gasteiger partial charge on any atom is -0.480 e. The fourth-order valence-electron chi connectivity index (χ4n) is 3.03. The number of nitrogens with zero attached hydrogens (tertiary/aromatic N) is 1. The number of hydrogen-bond acceptors (Lipinski definition) is 7. The van der Waals surface area contributed by atoms with Crippen molar-refractivity contribution in [3.63, 3.8) is 0 Å². The molecule has 180 valence electrons. The number of unbranched alkanes of at least 4 members (excludes halogenated alkanes) is 1. The summed E-state index contributed by atoms with van der Waals surface area (Å²) in [5.74, 6) is -2.57. The van der Waals surface area contributed by atoms with Crippen molar-refractivity contribution in [1.82, 2.24) is 15.5 Å². The van der Waals surface area contributed by atoms with Crippen molar-refractivity contribution >= 4 is 23.7 Å². The average molecular weight is 446 g/mol. The summed E-state index contributed by atoms with van der Waals surface area (Å²) in [6.07, 6.45) is 1.41. The maximum atomic E-state index is 13.3. The van der Waals surface area contributed by atoms with Crippen LogP contribution >= 0.6 is 0 Å². The van der Waals surface area contributed by atoms with Gasteiger partial charge in [-0.15, -0.1) is 0 Å². The number of carboxylic acids is 1. The molecule has 0 spiro atoms. The number of carbonyl (C=O) groups is 3. The number of hydrogen-bond donors (Lipinski definition) is 8. The fourth-order valence-corrected chi connectivity index (χ4v) is 3.03. The number of nitrogens with two attached hydrogens (primary N) is 3. The first-order valence-electron chi connectivity index (χ1n) is 10.6. The summed E-state index contributed by atoms with van der Waals surface area (Å²) in [6, 6.07) is -3.29. The molecule has 0 aromatic rings. The lowest BCUT2D eigenvalue weighted by Crippen LogP contribution is -2.57. The zero-order valence-corrected chi connectivity index (χ0v) is 18.5. The Kier molecular flexibility index (Phi) is 14.2. The monoisotopic (exact) mass is 445 g/mol. The highest BCUT2D eigenvalue weighted by molar-refractivity contribution is 5.92. The van der Waals surface area contributed by atoms with Gasteiger partial charge in [0, 0.05) is 13.1 Å². The molecule has 0 aliphatic carbocycles. The second kappa shape index (κ2) is 15.4. The van der Waals surface area contributed by atoms with Crippen LogP contribution in [0.25, 0.3) is 0 Å². The van der Waals surface area contributed by atoms with Crippen LogP contribution in [0.15, 0.2) is 0 Å². The topological polar surface area (TPSA) is 221 Å². The Morgan fingerprint density at radius 3 is 2.29 bits per heavy atom. The molecule has 0 aromatic carbocycles. The van der Waals surface area contributed by atoms with Gasteiger partial charge in [0.15, 0.2) is 5.96 Å². The number of aliphatic carboxylic acids is 1. The molecule has 12 heteroatoms. The predicted molar refractivity (Wildman–Crippen MR) is 117 cm³/mol. The molecule has 0 heterocycles. The smallest absolute Gasteiger partial charge is 0.326 e. The van der Waals surface area contributed by atoms with Crippen LogP contribution in [0.4, 0.5) is 0 Å². The lowest BCUT2D eigenvalue weighted by atomic mass is 10.0. The summed E-state index contributed by atoms with van der Waals surface area (Å²) in [7, 11) is 0. The van der Waals surface area contributed by atoms with Crippen molar-refractivity contribution in [2.75, 3.05) is 19.6 Å². The SMILES string of the molecule is CCCN(C(=O)[C@H](CCCCN)NC(=O)[C@@H](N)[C@@H](C)O)[C@@H](CCCNC(=N)N)C(=O)O. The summed E-state index contributed by atoms with van der Waals surface area (Å²) >= 11 is 0. The molecule has 0 bridgehead atoms. The predicted octanol–water partition coefficient (Wildman–Crippen LogP) is -1.74. The van der Waals surface area contributed by atoms with Crippen LogP contribution < -0.4 is 27.8 Å². The molecule has 0 saturated heterocycles. The number of nitrogens with one attached hydrogen (secondary N) is 3. The zero-order chi connectivity index (χ0) is 24.0. The molecule has 0 saturated carbocycles. The zero-order valence-electron chi connectivity index (χ0n) is 18.5. The van der Waals surface area contributed by atoms with Crippen molar-refractivity contribution in [3.8, 4) is 0 Å². The quantitative estimate of drug-likeness (QED) is 0.0766. The number of aliphatic hydroxyl groups excluding tert-OH is 1. The molecule has 11 N–H and O–H groups in total.